The van der Waals surface area contributed by atoms with Gasteiger partial charge in [-0.05, 0) is 24.3 Å². The van der Waals surface area contributed by atoms with Gasteiger partial charge in [-0.2, -0.15) is 0 Å². The highest BCUT2D eigenvalue weighted by Gasteiger charge is 2.23. The molecule has 0 bridgehead atoms. The quantitative estimate of drug-likeness (QED) is 0.771. The van der Waals surface area contributed by atoms with E-state index in [0.29, 0.717) is 24.6 Å². The molecule has 0 spiro atoms. The summed E-state index contributed by atoms with van der Waals surface area (Å²) in [6.07, 6.45) is 4.90. The normalized spacial score (nSPS) is 14.1. The Bertz CT molecular complexity index is 877. The molecule has 7 nitrogen and oxygen atoms in total. The van der Waals surface area contributed by atoms with Crippen LogP contribution in [-0.4, -0.2) is 51.9 Å². The molecule has 1 N–H and O–H groups in total. The second-order valence-electron chi connectivity index (χ2n) is 6.25. The molecule has 0 saturated carbocycles. The lowest BCUT2D eigenvalue weighted by Crippen LogP contribution is -2.49. The van der Waals surface area contributed by atoms with Crippen LogP contribution in [-0.2, 0) is 0 Å². The Labute approximate surface area is 157 Å². The molecule has 0 aliphatic carbocycles. The van der Waals surface area contributed by atoms with Crippen LogP contribution in [0, 0.1) is 0 Å². The second kappa shape index (κ2) is 7.82. The molecule has 1 aliphatic heterocycles. The van der Waals surface area contributed by atoms with Crippen molar-refractivity contribution in [2.75, 3.05) is 36.4 Å². The first kappa shape index (κ1) is 17.0. The zero-order valence-electron chi connectivity index (χ0n) is 14.8. The largest absolute Gasteiger partial charge is 0.353 e. The third-order valence-corrected chi connectivity index (χ3v) is 4.46. The fourth-order valence-corrected chi connectivity index (χ4v) is 3.01. The Hall–Kier alpha value is -3.48. The van der Waals surface area contributed by atoms with E-state index in [4.69, 9.17) is 0 Å². The molecule has 1 saturated heterocycles. The van der Waals surface area contributed by atoms with E-state index in [2.05, 4.69) is 25.2 Å². The van der Waals surface area contributed by atoms with Crippen LogP contribution in [0.3, 0.4) is 0 Å². The van der Waals surface area contributed by atoms with Crippen molar-refractivity contribution in [1.29, 1.82) is 0 Å². The number of amides is 1. The van der Waals surface area contributed by atoms with Crippen molar-refractivity contribution in [2.45, 2.75) is 0 Å². The number of piperazine rings is 1. The topological polar surface area (TPSA) is 74.2 Å². The molecule has 1 aliphatic rings. The van der Waals surface area contributed by atoms with E-state index in [-0.39, 0.29) is 5.91 Å². The van der Waals surface area contributed by atoms with Crippen LogP contribution in [0.4, 0.5) is 17.3 Å². The van der Waals surface area contributed by atoms with E-state index in [0.717, 1.165) is 24.6 Å². The number of hydrogen-bond donors (Lipinski definition) is 1. The number of aromatic nitrogens is 3. The number of nitrogens with zero attached hydrogens (tertiary/aromatic N) is 5. The number of carbonyl (C=O) groups excluding carboxylic acids is 1. The van der Waals surface area contributed by atoms with Gasteiger partial charge in [-0.15, -0.1) is 0 Å². The Morgan fingerprint density at radius 1 is 0.852 bits per heavy atom. The first-order chi connectivity index (χ1) is 13.3. The molecule has 4 rings (SSSR count). The van der Waals surface area contributed by atoms with Crippen molar-refractivity contribution in [3.63, 3.8) is 0 Å². The highest BCUT2D eigenvalue weighted by molar-refractivity contribution is 5.92. The minimum absolute atomic E-state index is 0.0885. The van der Waals surface area contributed by atoms with Gasteiger partial charge in [0.15, 0.2) is 0 Å². The number of nitrogens with one attached hydrogen (secondary N) is 1. The minimum atomic E-state index is -0.0885. The molecule has 1 aromatic carbocycles. The zero-order valence-corrected chi connectivity index (χ0v) is 14.8. The second-order valence-corrected chi connectivity index (χ2v) is 6.25. The SMILES string of the molecule is O=C(c1cnc(Nc2ccccc2)cn1)N1CCN(c2ccccn2)CC1. The van der Waals surface area contributed by atoms with E-state index in [1.54, 1.807) is 12.4 Å². The first-order valence-corrected chi connectivity index (χ1v) is 8.89. The average molecular weight is 360 g/mol. The molecule has 3 heterocycles. The van der Waals surface area contributed by atoms with Crippen LogP contribution in [0.2, 0.25) is 0 Å². The van der Waals surface area contributed by atoms with Crippen LogP contribution < -0.4 is 10.2 Å². The average Bonchev–Trinajstić information content (AvgIpc) is 2.75. The smallest absolute Gasteiger partial charge is 0.274 e. The maximum atomic E-state index is 12.7. The van der Waals surface area contributed by atoms with Crippen LogP contribution in [0.25, 0.3) is 0 Å². The predicted molar refractivity (Wildman–Crippen MR) is 104 cm³/mol. The highest BCUT2D eigenvalue weighted by atomic mass is 16.2. The van der Waals surface area contributed by atoms with Crippen molar-refractivity contribution in [3.8, 4) is 0 Å². The fraction of sp³-hybridized carbons (Fsp3) is 0.200. The van der Waals surface area contributed by atoms with Gasteiger partial charge in [-0.25, -0.2) is 15.0 Å². The van der Waals surface area contributed by atoms with E-state index in [1.807, 2.05) is 53.4 Å². The summed E-state index contributed by atoms with van der Waals surface area (Å²) < 4.78 is 0. The number of para-hydroxylation sites is 1. The molecule has 3 aromatic rings. The summed E-state index contributed by atoms with van der Waals surface area (Å²) in [7, 11) is 0. The summed E-state index contributed by atoms with van der Waals surface area (Å²) in [4.78, 5) is 29.6. The standard InChI is InChI=1S/C20H20N6O/c27-20(26-12-10-25(11-13-26)19-8-4-5-9-21-19)17-14-23-18(15-22-17)24-16-6-2-1-3-7-16/h1-9,14-15H,10-13H2,(H,23,24). The van der Waals surface area contributed by atoms with Gasteiger partial charge in [-0.3, -0.25) is 4.79 Å². The molecule has 2 aromatic heterocycles. The van der Waals surface area contributed by atoms with Crippen LogP contribution in [0.15, 0.2) is 67.1 Å². The Morgan fingerprint density at radius 2 is 1.63 bits per heavy atom. The lowest BCUT2D eigenvalue weighted by atomic mass is 10.2. The monoisotopic (exact) mass is 360 g/mol. The van der Waals surface area contributed by atoms with Crippen molar-refractivity contribution >= 4 is 23.2 Å². The van der Waals surface area contributed by atoms with Gasteiger partial charge < -0.3 is 15.1 Å². The maximum Gasteiger partial charge on any atom is 0.274 e. The fourth-order valence-electron chi connectivity index (χ4n) is 3.01. The molecule has 1 fully saturated rings. The molecule has 1 amide bonds. The van der Waals surface area contributed by atoms with Gasteiger partial charge in [0.2, 0.25) is 0 Å². The number of carbonyl (C=O) groups is 1. The number of rotatable bonds is 4. The lowest BCUT2D eigenvalue weighted by Gasteiger charge is -2.35. The molecular formula is C20H20N6O. The summed E-state index contributed by atoms with van der Waals surface area (Å²) in [6.45, 7) is 2.79. The zero-order chi connectivity index (χ0) is 18.5. The number of hydrogen-bond acceptors (Lipinski definition) is 6. The van der Waals surface area contributed by atoms with Gasteiger partial charge in [0.05, 0.1) is 12.4 Å². The van der Waals surface area contributed by atoms with E-state index >= 15 is 0 Å². The molecular weight excluding hydrogens is 340 g/mol. The van der Waals surface area contributed by atoms with Gasteiger partial charge in [0, 0.05) is 38.1 Å². The van der Waals surface area contributed by atoms with Crippen molar-refractivity contribution < 1.29 is 4.79 Å². The van der Waals surface area contributed by atoms with E-state index in [1.165, 1.54) is 6.20 Å². The molecule has 136 valence electrons. The van der Waals surface area contributed by atoms with Crippen molar-refractivity contribution in [3.05, 3.63) is 72.8 Å². The van der Waals surface area contributed by atoms with Gasteiger partial charge in [0.1, 0.15) is 17.3 Å². The third-order valence-electron chi connectivity index (χ3n) is 4.46. The molecule has 0 atom stereocenters. The first-order valence-electron chi connectivity index (χ1n) is 8.89. The van der Waals surface area contributed by atoms with Crippen molar-refractivity contribution in [1.82, 2.24) is 19.9 Å². The minimum Gasteiger partial charge on any atom is -0.353 e. The summed E-state index contributed by atoms with van der Waals surface area (Å²) >= 11 is 0. The summed E-state index contributed by atoms with van der Waals surface area (Å²) in [5.74, 6) is 1.47. The van der Waals surface area contributed by atoms with Crippen LogP contribution in [0.5, 0.6) is 0 Å². The summed E-state index contributed by atoms with van der Waals surface area (Å²) in [5.41, 5.74) is 1.29. The third kappa shape index (κ3) is 4.03. The number of anilines is 3. The maximum absolute atomic E-state index is 12.7. The Morgan fingerprint density at radius 3 is 2.30 bits per heavy atom. The van der Waals surface area contributed by atoms with Gasteiger partial charge in [0.25, 0.3) is 5.91 Å². The number of pyridine rings is 1. The molecule has 27 heavy (non-hydrogen) atoms. The van der Waals surface area contributed by atoms with E-state index in [9.17, 15) is 4.79 Å². The van der Waals surface area contributed by atoms with Crippen LogP contribution in [0.1, 0.15) is 10.5 Å². The van der Waals surface area contributed by atoms with Crippen LogP contribution >= 0.6 is 0 Å². The predicted octanol–water partition coefficient (Wildman–Crippen LogP) is 2.58. The van der Waals surface area contributed by atoms with E-state index < -0.39 is 0 Å². The van der Waals surface area contributed by atoms with Crippen molar-refractivity contribution in [2.24, 2.45) is 0 Å². The highest BCUT2D eigenvalue weighted by Crippen LogP contribution is 2.15. The Balaban J connectivity index is 1.36. The lowest BCUT2D eigenvalue weighted by molar-refractivity contribution is 0.0740. The molecule has 0 unspecified atom stereocenters. The summed E-state index contributed by atoms with van der Waals surface area (Å²) in [6, 6.07) is 15.6. The summed E-state index contributed by atoms with van der Waals surface area (Å²) in [5, 5.41) is 3.16. The van der Waals surface area contributed by atoms with Gasteiger partial charge in [-0.1, -0.05) is 24.3 Å². The molecule has 7 heteroatoms. The molecule has 0 radical (unpaired) electrons. The van der Waals surface area contributed by atoms with Gasteiger partial charge >= 0.3 is 0 Å². The Kier molecular flexibility index (Phi) is 4.91. The number of benzene rings is 1.